The van der Waals surface area contributed by atoms with Gasteiger partial charge >= 0.3 is 0 Å². The van der Waals surface area contributed by atoms with Gasteiger partial charge < -0.3 is 5.32 Å². The number of nitrogens with one attached hydrogen (secondary N) is 1. The van der Waals surface area contributed by atoms with Gasteiger partial charge in [0.15, 0.2) is 0 Å². The van der Waals surface area contributed by atoms with Crippen LogP contribution in [0.1, 0.15) is 5.56 Å². The highest BCUT2D eigenvalue weighted by molar-refractivity contribution is 6.35. The molecule has 0 aliphatic carbocycles. The zero-order valence-electron chi connectivity index (χ0n) is 11.1. The lowest BCUT2D eigenvalue weighted by molar-refractivity contribution is -0.112. The maximum Gasteiger partial charge on any atom is 0.266 e. The fourth-order valence-corrected chi connectivity index (χ4v) is 2.46. The molecule has 0 spiro atoms. The standard InChI is InChI=1S/C16H9Cl3N2O/c17-12-3-1-2-10(5-12)4-11(9-20)16(22)21-15-7-13(18)6-14(19)8-15/h1-8H,(H,21,22)/b11-4+. The molecule has 0 saturated carbocycles. The zero-order chi connectivity index (χ0) is 16.1. The van der Waals surface area contributed by atoms with Crippen LogP contribution in [0.2, 0.25) is 15.1 Å². The molecule has 0 aliphatic rings. The minimum Gasteiger partial charge on any atom is -0.321 e. The van der Waals surface area contributed by atoms with Gasteiger partial charge in [0, 0.05) is 20.8 Å². The Labute approximate surface area is 142 Å². The molecule has 1 amide bonds. The zero-order valence-corrected chi connectivity index (χ0v) is 13.4. The Kier molecular flexibility index (Phi) is 5.46. The molecule has 3 nitrogen and oxygen atoms in total. The molecule has 6 heteroatoms. The average molecular weight is 352 g/mol. The summed E-state index contributed by atoms with van der Waals surface area (Å²) in [5, 5.41) is 13.0. The van der Waals surface area contributed by atoms with Crippen molar-refractivity contribution in [1.29, 1.82) is 5.26 Å². The molecule has 22 heavy (non-hydrogen) atoms. The van der Waals surface area contributed by atoms with E-state index in [1.54, 1.807) is 42.5 Å². The van der Waals surface area contributed by atoms with Crippen LogP contribution in [0.25, 0.3) is 6.08 Å². The molecule has 110 valence electrons. The number of nitriles is 1. The van der Waals surface area contributed by atoms with Gasteiger partial charge in [0.1, 0.15) is 11.6 Å². The van der Waals surface area contributed by atoms with Crippen LogP contribution in [-0.4, -0.2) is 5.91 Å². The number of rotatable bonds is 3. The van der Waals surface area contributed by atoms with Gasteiger partial charge in [-0.1, -0.05) is 46.9 Å². The third kappa shape index (κ3) is 4.51. The van der Waals surface area contributed by atoms with Gasteiger partial charge in [-0.05, 0) is 42.0 Å². The lowest BCUT2D eigenvalue weighted by Gasteiger charge is -2.05. The van der Waals surface area contributed by atoms with Crippen molar-refractivity contribution < 1.29 is 4.79 Å². The maximum atomic E-state index is 12.1. The molecule has 1 N–H and O–H groups in total. The number of amides is 1. The smallest absolute Gasteiger partial charge is 0.266 e. The van der Waals surface area contributed by atoms with Gasteiger partial charge in [0.25, 0.3) is 5.91 Å². The number of hydrogen-bond donors (Lipinski definition) is 1. The van der Waals surface area contributed by atoms with Crippen LogP contribution >= 0.6 is 34.8 Å². The van der Waals surface area contributed by atoms with Gasteiger partial charge in [-0.25, -0.2) is 0 Å². The van der Waals surface area contributed by atoms with Crippen molar-refractivity contribution in [2.24, 2.45) is 0 Å². The van der Waals surface area contributed by atoms with E-state index in [9.17, 15) is 4.79 Å². The summed E-state index contributed by atoms with van der Waals surface area (Å²) in [7, 11) is 0. The molecule has 0 atom stereocenters. The third-order valence-corrected chi connectivity index (χ3v) is 3.32. The number of benzene rings is 2. The Balaban J connectivity index is 2.24. The van der Waals surface area contributed by atoms with Gasteiger partial charge in [-0.3, -0.25) is 4.79 Å². The minimum absolute atomic E-state index is 0.0571. The highest BCUT2D eigenvalue weighted by atomic mass is 35.5. The first kappa shape index (κ1) is 16.4. The Morgan fingerprint density at radius 1 is 1.05 bits per heavy atom. The molecule has 2 aromatic rings. The molecule has 0 aromatic heterocycles. The van der Waals surface area contributed by atoms with E-state index >= 15 is 0 Å². The van der Waals surface area contributed by atoms with Crippen LogP contribution in [-0.2, 0) is 4.79 Å². The minimum atomic E-state index is -0.555. The number of anilines is 1. The van der Waals surface area contributed by atoms with E-state index in [-0.39, 0.29) is 5.57 Å². The maximum absolute atomic E-state index is 12.1. The van der Waals surface area contributed by atoms with Gasteiger partial charge in [-0.2, -0.15) is 5.26 Å². The summed E-state index contributed by atoms with van der Waals surface area (Å²) in [4.78, 5) is 12.1. The highest BCUT2D eigenvalue weighted by Crippen LogP contribution is 2.23. The Morgan fingerprint density at radius 3 is 2.32 bits per heavy atom. The summed E-state index contributed by atoms with van der Waals surface area (Å²) in [6.45, 7) is 0. The van der Waals surface area contributed by atoms with Crippen molar-refractivity contribution in [1.82, 2.24) is 0 Å². The molecule has 0 saturated heterocycles. The van der Waals surface area contributed by atoms with Crippen molar-refractivity contribution >= 4 is 52.5 Å². The average Bonchev–Trinajstić information content (AvgIpc) is 2.43. The Morgan fingerprint density at radius 2 is 1.73 bits per heavy atom. The number of nitrogens with zero attached hydrogens (tertiary/aromatic N) is 1. The van der Waals surface area contributed by atoms with E-state index in [1.807, 2.05) is 6.07 Å². The van der Waals surface area contributed by atoms with Crippen LogP contribution < -0.4 is 5.32 Å². The second-order valence-electron chi connectivity index (χ2n) is 4.34. The first-order valence-electron chi connectivity index (χ1n) is 6.13. The van der Waals surface area contributed by atoms with Crippen LogP contribution in [0.3, 0.4) is 0 Å². The van der Waals surface area contributed by atoms with Crippen LogP contribution in [0.4, 0.5) is 5.69 Å². The summed E-state index contributed by atoms with van der Waals surface area (Å²) < 4.78 is 0. The summed E-state index contributed by atoms with van der Waals surface area (Å²) in [5.41, 5.74) is 1.01. The molecule has 0 radical (unpaired) electrons. The first-order valence-corrected chi connectivity index (χ1v) is 7.26. The highest BCUT2D eigenvalue weighted by Gasteiger charge is 2.10. The third-order valence-electron chi connectivity index (χ3n) is 2.65. The number of carbonyl (C=O) groups excluding carboxylic acids is 1. The van der Waals surface area contributed by atoms with Gasteiger partial charge in [0.2, 0.25) is 0 Å². The van der Waals surface area contributed by atoms with Crippen LogP contribution in [0, 0.1) is 11.3 Å². The number of halogens is 3. The lowest BCUT2D eigenvalue weighted by atomic mass is 10.1. The summed E-state index contributed by atoms with van der Waals surface area (Å²) in [6, 6.07) is 13.3. The van der Waals surface area contributed by atoms with Crippen molar-refractivity contribution in [3.63, 3.8) is 0 Å². The number of carbonyl (C=O) groups is 1. The first-order chi connectivity index (χ1) is 10.5. The predicted octanol–water partition coefficient (Wildman–Crippen LogP) is 5.19. The Hall–Kier alpha value is -1.99. The second-order valence-corrected chi connectivity index (χ2v) is 5.65. The predicted molar refractivity (Wildman–Crippen MR) is 90.1 cm³/mol. The molecular weight excluding hydrogens is 343 g/mol. The van der Waals surface area contributed by atoms with E-state index in [2.05, 4.69) is 5.32 Å². The van der Waals surface area contributed by atoms with E-state index in [0.717, 1.165) is 0 Å². The molecule has 0 heterocycles. The van der Waals surface area contributed by atoms with Crippen molar-refractivity contribution in [2.45, 2.75) is 0 Å². The topological polar surface area (TPSA) is 52.9 Å². The summed E-state index contributed by atoms with van der Waals surface area (Å²) in [6.07, 6.45) is 1.45. The van der Waals surface area contributed by atoms with E-state index in [4.69, 9.17) is 40.1 Å². The Bertz CT molecular complexity index is 774. The van der Waals surface area contributed by atoms with Crippen molar-refractivity contribution in [2.75, 3.05) is 5.32 Å². The molecule has 0 fully saturated rings. The lowest BCUT2D eigenvalue weighted by Crippen LogP contribution is -2.13. The monoisotopic (exact) mass is 350 g/mol. The quantitative estimate of drug-likeness (QED) is 0.611. The van der Waals surface area contributed by atoms with Crippen LogP contribution in [0.15, 0.2) is 48.0 Å². The largest absolute Gasteiger partial charge is 0.321 e. The van der Waals surface area contributed by atoms with E-state index < -0.39 is 5.91 Å². The fraction of sp³-hybridized carbons (Fsp3) is 0. The van der Waals surface area contributed by atoms with Gasteiger partial charge in [0.05, 0.1) is 0 Å². The summed E-state index contributed by atoms with van der Waals surface area (Å²) >= 11 is 17.6. The second kappa shape index (κ2) is 7.33. The van der Waals surface area contributed by atoms with Gasteiger partial charge in [-0.15, -0.1) is 0 Å². The van der Waals surface area contributed by atoms with Crippen molar-refractivity contribution in [3.05, 3.63) is 68.7 Å². The van der Waals surface area contributed by atoms with Crippen LogP contribution in [0.5, 0.6) is 0 Å². The molecule has 0 aliphatic heterocycles. The number of hydrogen-bond acceptors (Lipinski definition) is 2. The van der Waals surface area contributed by atoms with Crippen molar-refractivity contribution in [3.8, 4) is 6.07 Å². The molecular formula is C16H9Cl3N2O. The fourth-order valence-electron chi connectivity index (χ4n) is 1.74. The molecule has 0 bridgehead atoms. The SMILES string of the molecule is N#C/C(=C\c1cccc(Cl)c1)C(=O)Nc1cc(Cl)cc(Cl)c1. The van der Waals surface area contributed by atoms with E-state index in [1.165, 1.54) is 6.08 Å². The van der Waals surface area contributed by atoms with E-state index in [0.29, 0.717) is 26.3 Å². The molecule has 2 aromatic carbocycles. The summed E-state index contributed by atoms with van der Waals surface area (Å²) in [5.74, 6) is -0.555. The molecule has 0 unspecified atom stereocenters. The normalized spacial score (nSPS) is 10.9. The molecule has 2 rings (SSSR count).